The molecule has 1 aromatic carbocycles. The van der Waals surface area contributed by atoms with Gasteiger partial charge in [-0.25, -0.2) is 9.38 Å². The number of aliphatic hydroxyl groups excluding tert-OH is 1. The Balaban J connectivity index is 1.33. The zero-order valence-electron chi connectivity index (χ0n) is 23.2. The first-order chi connectivity index (χ1) is 20.1. The highest BCUT2D eigenvalue weighted by molar-refractivity contribution is 6.37. The van der Waals surface area contributed by atoms with Gasteiger partial charge in [-0.15, -0.1) is 0 Å². The highest BCUT2D eigenvalue weighted by Gasteiger charge is 2.55. The average molecular weight is 585 g/mol. The number of nitrogens with zero attached hydrogens (tertiary/aromatic N) is 4. The molecule has 3 unspecified atom stereocenters. The predicted molar refractivity (Wildman–Crippen MR) is 145 cm³/mol. The molecule has 1 saturated carbocycles. The van der Waals surface area contributed by atoms with Gasteiger partial charge in [-0.2, -0.15) is 0 Å². The van der Waals surface area contributed by atoms with Gasteiger partial charge >= 0.3 is 11.8 Å². The van der Waals surface area contributed by atoms with Crippen LogP contribution in [0.25, 0.3) is 0 Å². The van der Waals surface area contributed by atoms with Crippen molar-refractivity contribution in [2.45, 2.75) is 37.4 Å². The lowest BCUT2D eigenvalue weighted by molar-refractivity contribution is -0.150. The molecular formula is C28H33FN6O7. The Morgan fingerprint density at radius 2 is 1.81 bits per heavy atom. The maximum atomic E-state index is 13.5. The summed E-state index contributed by atoms with van der Waals surface area (Å²) in [7, 11) is 1.42. The van der Waals surface area contributed by atoms with Crippen LogP contribution in [-0.2, 0) is 35.3 Å². The van der Waals surface area contributed by atoms with Gasteiger partial charge in [-0.3, -0.25) is 24.0 Å². The molecule has 224 valence electrons. The number of ether oxygens (including phenoxy) is 1. The standard InChI is InChI=1S/C28H33FN6O7/c1-42-16-22(38)33-8-10-34(11-9-33)26(41)25(40)32-28-7-6-18(12-21(28)37)14-35-15-20(36)23(31-27(28)35)24(39)30-13-17-2-4-19(29)5-3-17/h2-5,15,18,23,36H,6-14,16H2,1H3,(H,30,39)(H,32,40). The topological polar surface area (TPSA) is 161 Å². The van der Waals surface area contributed by atoms with Gasteiger partial charge < -0.3 is 35.2 Å². The van der Waals surface area contributed by atoms with E-state index in [0.29, 0.717) is 18.5 Å². The van der Waals surface area contributed by atoms with Gasteiger partial charge in [0, 0.05) is 59.0 Å². The number of carbonyl (C=O) groups excluding carboxylic acids is 5. The molecular weight excluding hydrogens is 551 g/mol. The zero-order valence-corrected chi connectivity index (χ0v) is 23.2. The van der Waals surface area contributed by atoms with Gasteiger partial charge in [0.05, 0.1) is 0 Å². The number of aliphatic imine (C=N–C) groups is 1. The molecule has 14 heteroatoms. The lowest BCUT2D eigenvalue weighted by Gasteiger charge is -2.39. The summed E-state index contributed by atoms with van der Waals surface area (Å²) in [4.78, 5) is 74.1. The number of Topliss-reactive ketones (excluding diaryl/α,β-unsaturated/α-hetero) is 1. The predicted octanol–water partition coefficient (Wildman–Crippen LogP) is -0.521. The summed E-state index contributed by atoms with van der Waals surface area (Å²) in [6.07, 6.45) is 2.23. The number of halogens is 1. The molecule has 0 radical (unpaired) electrons. The SMILES string of the molecule is COCC(=O)N1CCN(C(=O)C(=O)NC23CCC(CC2=O)CN2C=C(O)C(C(=O)NCc4ccc(F)cc4)N=C23)CC1. The van der Waals surface area contributed by atoms with Crippen LogP contribution in [0.3, 0.4) is 0 Å². The van der Waals surface area contributed by atoms with Crippen molar-refractivity contribution in [3.63, 3.8) is 0 Å². The van der Waals surface area contributed by atoms with E-state index in [4.69, 9.17) is 4.74 Å². The van der Waals surface area contributed by atoms with Crippen LogP contribution >= 0.6 is 0 Å². The van der Waals surface area contributed by atoms with Crippen LogP contribution < -0.4 is 10.6 Å². The molecule has 1 aromatic rings. The lowest BCUT2D eigenvalue weighted by Crippen LogP contribution is -2.66. The van der Waals surface area contributed by atoms with Crippen LogP contribution in [0.5, 0.6) is 0 Å². The first kappa shape index (κ1) is 29.2. The van der Waals surface area contributed by atoms with Gasteiger partial charge in [-0.05, 0) is 36.5 Å². The van der Waals surface area contributed by atoms with Crippen molar-refractivity contribution >= 4 is 35.2 Å². The molecule has 4 fully saturated rings. The van der Waals surface area contributed by atoms with Crippen LogP contribution in [0.15, 0.2) is 41.2 Å². The van der Waals surface area contributed by atoms with Crippen LogP contribution in [0, 0.1) is 11.7 Å². The average Bonchev–Trinajstić information content (AvgIpc) is 3.18. The number of hydrogen-bond donors (Lipinski definition) is 3. The minimum atomic E-state index is -1.65. The molecule has 6 rings (SSSR count). The summed E-state index contributed by atoms with van der Waals surface area (Å²) in [6, 6.07) is 4.17. The third-order valence-electron chi connectivity index (χ3n) is 8.14. The number of methoxy groups -OCH3 is 1. The van der Waals surface area contributed by atoms with Crippen molar-refractivity contribution in [3.8, 4) is 0 Å². The van der Waals surface area contributed by atoms with E-state index in [1.54, 1.807) is 9.80 Å². The Bertz CT molecular complexity index is 1340. The number of ketones is 1. The number of amides is 4. The number of nitrogens with one attached hydrogen (secondary N) is 2. The first-order valence-electron chi connectivity index (χ1n) is 13.8. The fourth-order valence-corrected chi connectivity index (χ4v) is 5.85. The second-order valence-electron chi connectivity index (χ2n) is 10.9. The second-order valence-corrected chi connectivity index (χ2v) is 10.9. The third-order valence-corrected chi connectivity index (χ3v) is 8.14. The number of hydrogen-bond acceptors (Lipinski definition) is 9. The molecule has 3 N–H and O–H groups in total. The summed E-state index contributed by atoms with van der Waals surface area (Å²) in [5.74, 6) is -3.71. The van der Waals surface area contributed by atoms with E-state index in [0.717, 1.165) is 0 Å². The fourth-order valence-electron chi connectivity index (χ4n) is 5.85. The Morgan fingerprint density at radius 1 is 1.12 bits per heavy atom. The fraction of sp³-hybridized carbons (Fsp3) is 0.500. The van der Waals surface area contributed by atoms with E-state index < -0.39 is 35.1 Å². The van der Waals surface area contributed by atoms with Crippen molar-refractivity contribution in [1.82, 2.24) is 25.3 Å². The van der Waals surface area contributed by atoms with Crippen molar-refractivity contribution in [2.75, 3.05) is 46.4 Å². The summed E-state index contributed by atoms with van der Waals surface area (Å²) in [5, 5.41) is 16.0. The molecule has 1 aliphatic carbocycles. The number of benzene rings is 1. The van der Waals surface area contributed by atoms with E-state index >= 15 is 0 Å². The number of fused-ring (bicyclic) bond motifs is 2. The van der Waals surface area contributed by atoms with Gasteiger partial charge in [-0.1, -0.05) is 12.1 Å². The normalized spacial score (nSPS) is 25.2. The van der Waals surface area contributed by atoms with E-state index in [1.807, 2.05) is 0 Å². The van der Waals surface area contributed by atoms with Crippen LogP contribution in [0.1, 0.15) is 24.8 Å². The Kier molecular flexibility index (Phi) is 8.25. The van der Waals surface area contributed by atoms with Crippen LogP contribution in [-0.4, -0.2) is 113 Å². The number of piperazine rings is 1. The molecule has 4 aliphatic heterocycles. The van der Waals surface area contributed by atoms with Crippen molar-refractivity contribution < 1.29 is 38.2 Å². The van der Waals surface area contributed by atoms with Crippen molar-refractivity contribution in [2.24, 2.45) is 10.9 Å². The second kappa shape index (κ2) is 11.9. The minimum absolute atomic E-state index is 0.0547. The van der Waals surface area contributed by atoms with Crippen LogP contribution in [0.4, 0.5) is 4.39 Å². The molecule has 4 amide bonds. The monoisotopic (exact) mass is 584 g/mol. The number of carbonyl (C=O) groups is 5. The van der Waals surface area contributed by atoms with Crippen molar-refractivity contribution in [1.29, 1.82) is 0 Å². The van der Waals surface area contributed by atoms with Gasteiger partial charge in [0.15, 0.2) is 17.4 Å². The number of aliphatic hydroxyl groups is 1. The van der Waals surface area contributed by atoms with Gasteiger partial charge in [0.1, 0.15) is 24.0 Å². The Hall–Kier alpha value is -4.33. The Morgan fingerprint density at radius 3 is 2.48 bits per heavy atom. The molecule has 5 aliphatic rings. The molecule has 0 aromatic heterocycles. The lowest BCUT2D eigenvalue weighted by atomic mass is 9.76. The van der Waals surface area contributed by atoms with E-state index in [-0.39, 0.29) is 81.4 Å². The van der Waals surface area contributed by atoms with Gasteiger partial charge in [0.2, 0.25) is 5.91 Å². The molecule has 4 heterocycles. The van der Waals surface area contributed by atoms with E-state index in [1.165, 1.54) is 42.5 Å². The molecule has 42 heavy (non-hydrogen) atoms. The largest absolute Gasteiger partial charge is 0.508 e. The van der Waals surface area contributed by atoms with E-state index in [9.17, 15) is 33.5 Å². The smallest absolute Gasteiger partial charge is 0.312 e. The zero-order chi connectivity index (χ0) is 30.0. The molecule has 2 bridgehead atoms. The molecule has 13 nitrogen and oxygen atoms in total. The minimum Gasteiger partial charge on any atom is -0.508 e. The summed E-state index contributed by atoms with van der Waals surface area (Å²) in [5.41, 5.74) is -1.02. The van der Waals surface area contributed by atoms with Gasteiger partial charge in [0.25, 0.3) is 5.91 Å². The maximum absolute atomic E-state index is 13.5. The highest BCUT2D eigenvalue weighted by Crippen LogP contribution is 2.38. The number of rotatable bonds is 6. The molecule has 0 spiro atoms. The van der Waals surface area contributed by atoms with E-state index in [2.05, 4.69) is 15.6 Å². The summed E-state index contributed by atoms with van der Waals surface area (Å²) < 4.78 is 18.1. The highest BCUT2D eigenvalue weighted by atomic mass is 19.1. The summed E-state index contributed by atoms with van der Waals surface area (Å²) >= 11 is 0. The van der Waals surface area contributed by atoms with Crippen molar-refractivity contribution in [3.05, 3.63) is 47.6 Å². The maximum Gasteiger partial charge on any atom is 0.312 e. The third kappa shape index (κ3) is 5.71. The first-order valence-corrected chi connectivity index (χ1v) is 13.8. The quantitative estimate of drug-likeness (QED) is 0.377. The summed E-state index contributed by atoms with van der Waals surface area (Å²) in [6.45, 7) is 1.10. The molecule has 3 saturated heterocycles. The molecule has 3 atom stereocenters. The number of amidine groups is 1. The van der Waals surface area contributed by atoms with Crippen LogP contribution in [0.2, 0.25) is 0 Å². The Labute approximate surface area is 241 Å².